The van der Waals surface area contributed by atoms with Gasteiger partial charge in [0.25, 0.3) is 0 Å². The monoisotopic (exact) mass is 648 g/mol. The van der Waals surface area contributed by atoms with Crippen molar-refractivity contribution in [1.82, 2.24) is 10.2 Å². The van der Waals surface area contributed by atoms with Crippen molar-refractivity contribution < 1.29 is 38.7 Å². The first-order valence-electron chi connectivity index (χ1n) is 17.3. The van der Waals surface area contributed by atoms with E-state index in [1.165, 1.54) is 0 Å². The zero-order valence-electron chi connectivity index (χ0n) is 29.4. The number of nitrogens with zero attached hydrogens (tertiary/aromatic N) is 1. The lowest BCUT2D eigenvalue weighted by molar-refractivity contribution is -0.150. The van der Waals surface area contributed by atoms with E-state index in [1.807, 2.05) is 66.7 Å². The molecule has 0 bridgehead atoms. The van der Waals surface area contributed by atoms with Gasteiger partial charge in [-0.05, 0) is 64.5 Å². The van der Waals surface area contributed by atoms with Crippen LogP contribution in [-0.2, 0) is 23.7 Å². The lowest BCUT2D eigenvalue weighted by Gasteiger charge is -2.38. The Labute approximate surface area is 276 Å². The van der Waals surface area contributed by atoms with Crippen molar-refractivity contribution in [1.29, 1.82) is 0 Å². The largest absolute Gasteiger partial charge is 0.457 e. The molecule has 0 aromatic carbocycles. The molecule has 262 valence electrons. The van der Waals surface area contributed by atoms with Gasteiger partial charge >= 0.3 is 12.1 Å². The van der Waals surface area contributed by atoms with E-state index >= 15 is 0 Å². The summed E-state index contributed by atoms with van der Waals surface area (Å²) in [4.78, 5) is 28.0. The smallest absolute Gasteiger partial charge is 0.410 e. The molecule has 3 rings (SSSR count). The first-order chi connectivity index (χ1) is 21.7. The number of aliphatic hydroxyl groups is 2. The zero-order chi connectivity index (χ0) is 34.1. The standard InChI is InChI=1S/C36H60N2O8/c1-9-28(39)27(6)33-29(44-33)23-35(7,42)16-11-12-25(4)32-26(5)13-14-30(45-34(41)38-20-18-37-19-21-38)36(8,43-10-2)17-15-24(3)22-31(40)46-32/h11-14,16,24,26-30,32-33,37,39,42H,9-10,15,17-23H2,1-8H3/b14-13+,16-11+,25-12+/t24-,26+,27-,28+,29-,30+,32-,33-,35+,36-/m1/s1. The predicted molar refractivity (Wildman–Crippen MR) is 178 cm³/mol. The lowest BCUT2D eigenvalue weighted by Crippen LogP contribution is -2.50. The Hall–Kier alpha value is -2.24. The summed E-state index contributed by atoms with van der Waals surface area (Å²) in [5, 5.41) is 24.5. The molecule has 0 aromatic heterocycles. The number of rotatable bonds is 11. The predicted octanol–water partition coefficient (Wildman–Crippen LogP) is 4.93. The van der Waals surface area contributed by atoms with Gasteiger partial charge in [-0.25, -0.2) is 4.79 Å². The van der Waals surface area contributed by atoms with Gasteiger partial charge in [-0.15, -0.1) is 0 Å². The SMILES string of the molecule is CCO[C@]1(C)CC[C@@H](C)CC(=O)O[C@H](/C(C)=C/C=C/[C@](C)(O)C[C@H]2O[C@@H]2[C@H](C)[C@@H](O)CC)[C@@H](C)/C=C/[C@@H]1OC(=O)N1CCNCC1. The van der Waals surface area contributed by atoms with Crippen LogP contribution in [0.5, 0.6) is 0 Å². The summed E-state index contributed by atoms with van der Waals surface area (Å²) in [5.41, 5.74) is -1.05. The maximum absolute atomic E-state index is 13.2. The fraction of sp³-hybridized carbons (Fsp3) is 0.778. The highest BCUT2D eigenvalue weighted by molar-refractivity contribution is 5.70. The Morgan fingerprint density at radius 1 is 1.26 bits per heavy atom. The average molecular weight is 649 g/mol. The van der Waals surface area contributed by atoms with E-state index in [9.17, 15) is 19.8 Å². The van der Waals surface area contributed by atoms with Gasteiger partial charge in [-0.3, -0.25) is 4.79 Å². The molecule has 3 heterocycles. The zero-order valence-corrected chi connectivity index (χ0v) is 29.4. The average Bonchev–Trinajstić information content (AvgIpc) is 3.77. The minimum absolute atomic E-state index is 0.0153. The van der Waals surface area contributed by atoms with Crippen LogP contribution in [-0.4, -0.2) is 102 Å². The first kappa shape index (κ1) is 38.2. The molecular formula is C36H60N2O8. The van der Waals surface area contributed by atoms with Gasteiger partial charge in [-0.2, -0.15) is 0 Å². The van der Waals surface area contributed by atoms with E-state index < -0.39 is 29.5 Å². The molecule has 0 spiro atoms. The number of allylic oxidation sites excluding steroid dienone is 2. The fourth-order valence-electron chi connectivity index (χ4n) is 6.48. The number of amides is 1. The summed E-state index contributed by atoms with van der Waals surface area (Å²) < 4.78 is 24.3. The normalized spacial score (nSPS) is 34.9. The second-order valence-electron chi connectivity index (χ2n) is 14.1. The van der Waals surface area contributed by atoms with Gasteiger partial charge in [0.1, 0.15) is 11.7 Å². The Kier molecular flexibility index (Phi) is 14.3. The van der Waals surface area contributed by atoms with Crippen LogP contribution in [0.15, 0.2) is 36.0 Å². The second-order valence-corrected chi connectivity index (χ2v) is 14.1. The number of hydrogen-bond acceptors (Lipinski definition) is 9. The minimum atomic E-state index is -1.11. The van der Waals surface area contributed by atoms with Crippen molar-refractivity contribution in [2.45, 2.75) is 129 Å². The Morgan fingerprint density at radius 3 is 2.61 bits per heavy atom. The summed E-state index contributed by atoms with van der Waals surface area (Å²) in [6.45, 7) is 18.6. The van der Waals surface area contributed by atoms with Gasteiger partial charge in [0, 0.05) is 57.5 Å². The topological polar surface area (TPSA) is 130 Å². The Morgan fingerprint density at radius 2 is 1.96 bits per heavy atom. The summed E-state index contributed by atoms with van der Waals surface area (Å²) in [5.74, 6) is -0.434. The van der Waals surface area contributed by atoms with Crippen molar-refractivity contribution in [3.8, 4) is 0 Å². The van der Waals surface area contributed by atoms with Gasteiger partial charge in [0.05, 0.1) is 23.9 Å². The number of epoxide rings is 1. The Bertz CT molecular complexity index is 1080. The van der Waals surface area contributed by atoms with Gasteiger partial charge in [0.2, 0.25) is 0 Å². The highest BCUT2D eigenvalue weighted by atomic mass is 16.6. The molecule has 10 heteroatoms. The number of carbonyl (C=O) groups excluding carboxylic acids is 2. The van der Waals surface area contributed by atoms with E-state index in [0.29, 0.717) is 45.4 Å². The minimum Gasteiger partial charge on any atom is -0.457 e. The second kappa shape index (κ2) is 17.2. The maximum Gasteiger partial charge on any atom is 0.410 e. The van der Waals surface area contributed by atoms with Gasteiger partial charge in [-0.1, -0.05) is 52.0 Å². The van der Waals surface area contributed by atoms with Crippen LogP contribution in [0, 0.1) is 17.8 Å². The number of nitrogens with one attached hydrogen (secondary N) is 1. The number of piperazine rings is 1. The highest BCUT2D eigenvalue weighted by Gasteiger charge is 2.47. The molecule has 10 atom stereocenters. The van der Waals surface area contributed by atoms with Crippen molar-refractivity contribution in [3.05, 3.63) is 36.0 Å². The van der Waals surface area contributed by atoms with Crippen molar-refractivity contribution in [3.63, 3.8) is 0 Å². The highest BCUT2D eigenvalue weighted by Crippen LogP contribution is 2.38. The molecule has 3 aliphatic heterocycles. The third-order valence-electron chi connectivity index (χ3n) is 9.70. The molecular weight excluding hydrogens is 588 g/mol. The van der Waals surface area contributed by atoms with Crippen LogP contribution < -0.4 is 5.32 Å². The number of hydrogen-bond donors (Lipinski definition) is 3. The number of esters is 1. The number of ether oxygens (including phenoxy) is 4. The van der Waals surface area contributed by atoms with Crippen LogP contribution >= 0.6 is 0 Å². The van der Waals surface area contributed by atoms with E-state index in [0.717, 1.165) is 18.7 Å². The molecule has 46 heavy (non-hydrogen) atoms. The molecule has 2 saturated heterocycles. The van der Waals surface area contributed by atoms with Crippen LogP contribution in [0.25, 0.3) is 0 Å². The Balaban J connectivity index is 1.79. The van der Waals surface area contributed by atoms with Crippen molar-refractivity contribution in [2.24, 2.45) is 17.8 Å². The number of carbonyl (C=O) groups is 2. The summed E-state index contributed by atoms with van der Waals surface area (Å²) >= 11 is 0. The summed E-state index contributed by atoms with van der Waals surface area (Å²) in [7, 11) is 0. The van der Waals surface area contributed by atoms with E-state index in [2.05, 4.69) is 5.32 Å². The molecule has 1 amide bonds. The number of aliphatic hydroxyl groups excluding tert-OH is 1. The summed E-state index contributed by atoms with van der Waals surface area (Å²) in [6, 6.07) is 0. The lowest BCUT2D eigenvalue weighted by atomic mass is 9.86. The molecule has 2 fully saturated rings. The van der Waals surface area contributed by atoms with Crippen LogP contribution in [0.3, 0.4) is 0 Å². The van der Waals surface area contributed by atoms with Gasteiger partial charge in [0.15, 0.2) is 6.10 Å². The van der Waals surface area contributed by atoms with Crippen LogP contribution in [0.4, 0.5) is 4.79 Å². The van der Waals surface area contributed by atoms with Crippen molar-refractivity contribution in [2.75, 3.05) is 32.8 Å². The van der Waals surface area contributed by atoms with E-state index in [-0.39, 0.29) is 48.4 Å². The van der Waals surface area contributed by atoms with E-state index in [4.69, 9.17) is 18.9 Å². The third-order valence-corrected chi connectivity index (χ3v) is 9.70. The van der Waals surface area contributed by atoms with Crippen LogP contribution in [0.2, 0.25) is 0 Å². The molecule has 0 unspecified atom stereocenters. The maximum atomic E-state index is 13.2. The molecule has 0 aliphatic carbocycles. The van der Waals surface area contributed by atoms with Crippen molar-refractivity contribution >= 4 is 12.1 Å². The fourth-order valence-corrected chi connectivity index (χ4v) is 6.48. The summed E-state index contributed by atoms with van der Waals surface area (Å²) in [6.07, 6.45) is 9.80. The third kappa shape index (κ3) is 11.2. The van der Waals surface area contributed by atoms with Crippen LogP contribution in [0.1, 0.15) is 87.5 Å². The molecule has 0 aromatic rings. The quantitative estimate of drug-likeness (QED) is 0.124. The van der Waals surface area contributed by atoms with E-state index in [1.54, 1.807) is 24.0 Å². The molecule has 3 aliphatic rings. The molecule has 3 N–H and O–H groups in total. The first-order valence-corrected chi connectivity index (χ1v) is 17.3. The molecule has 0 saturated carbocycles. The molecule has 10 nitrogen and oxygen atoms in total. The number of cyclic esters (lactones) is 1. The van der Waals surface area contributed by atoms with Gasteiger partial charge < -0.3 is 39.4 Å². The molecule has 0 radical (unpaired) electrons.